The van der Waals surface area contributed by atoms with Gasteiger partial charge in [0.25, 0.3) is 0 Å². The molecule has 0 atom stereocenters. The van der Waals surface area contributed by atoms with Crippen molar-refractivity contribution in [2.75, 3.05) is 4.90 Å². The summed E-state index contributed by atoms with van der Waals surface area (Å²) in [6.45, 7) is 0. The number of hydrogen-bond acceptors (Lipinski definition) is 2. The molecular weight excluding hydrogens is 621 g/mol. The topological polar surface area (TPSA) is 21.3 Å². The molecule has 0 aliphatic carbocycles. The molecule has 11 aromatic rings. The second-order valence-electron chi connectivity index (χ2n) is 13.3. The fraction of sp³-hybridized carbons (Fsp3) is 0. The molecule has 3 heteroatoms. The number of aromatic nitrogens is 1. The van der Waals surface area contributed by atoms with E-state index in [1.165, 1.54) is 48.6 Å². The molecule has 0 unspecified atom stereocenters. The number of hydrogen-bond donors (Lipinski definition) is 0. The van der Waals surface area contributed by atoms with Crippen LogP contribution in [0.15, 0.2) is 186 Å². The Balaban J connectivity index is 1.27. The molecule has 51 heavy (non-hydrogen) atoms. The Morgan fingerprint density at radius 3 is 1.96 bits per heavy atom. The molecule has 0 bridgehead atoms. The maximum Gasteiger partial charge on any atom is 0.135 e. The van der Waals surface area contributed by atoms with Gasteiger partial charge in [-0.2, -0.15) is 0 Å². The van der Waals surface area contributed by atoms with Crippen molar-refractivity contribution in [2.24, 2.45) is 0 Å². The summed E-state index contributed by atoms with van der Waals surface area (Å²) in [4.78, 5) is 2.46. The van der Waals surface area contributed by atoms with E-state index >= 15 is 0 Å². The van der Waals surface area contributed by atoms with Gasteiger partial charge in [-0.3, -0.25) is 0 Å². The van der Waals surface area contributed by atoms with E-state index < -0.39 is 0 Å². The highest BCUT2D eigenvalue weighted by molar-refractivity contribution is 6.24. The normalized spacial score (nSPS) is 11.9. The molecule has 0 amide bonds. The summed E-state index contributed by atoms with van der Waals surface area (Å²) < 4.78 is 8.71. The van der Waals surface area contributed by atoms with Gasteiger partial charge in [0.2, 0.25) is 0 Å². The van der Waals surface area contributed by atoms with Gasteiger partial charge in [-0.1, -0.05) is 121 Å². The fourth-order valence-electron chi connectivity index (χ4n) is 8.35. The summed E-state index contributed by atoms with van der Waals surface area (Å²) in [6, 6.07) is 65.7. The van der Waals surface area contributed by atoms with Gasteiger partial charge >= 0.3 is 0 Å². The zero-order chi connectivity index (χ0) is 33.5. The lowest BCUT2D eigenvalue weighted by atomic mass is 9.95. The van der Waals surface area contributed by atoms with Crippen LogP contribution in [0.2, 0.25) is 0 Å². The first-order chi connectivity index (χ1) is 25.3. The van der Waals surface area contributed by atoms with Crippen molar-refractivity contribution in [1.82, 2.24) is 4.57 Å². The second kappa shape index (κ2) is 10.8. The highest BCUT2D eigenvalue weighted by Crippen LogP contribution is 2.47. The maximum atomic E-state index is 6.32. The van der Waals surface area contributed by atoms with Gasteiger partial charge in [0.05, 0.1) is 22.4 Å². The molecule has 0 aliphatic heterocycles. The van der Waals surface area contributed by atoms with Gasteiger partial charge in [-0.05, 0) is 87.6 Å². The van der Waals surface area contributed by atoms with Crippen LogP contribution in [-0.4, -0.2) is 4.57 Å². The van der Waals surface area contributed by atoms with Gasteiger partial charge in [-0.25, -0.2) is 0 Å². The smallest absolute Gasteiger partial charge is 0.135 e. The van der Waals surface area contributed by atoms with Crippen molar-refractivity contribution in [3.05, 3.63) is 182 Å². The number of benzene rings is 9. The van der Waals surface area contributed by atoms with Crippen LogP contribution in [0.3, 0.4) is 0 Å². The minimum Gasteiger partial charge on any atom is -0.456 e. The molecule has 0 radical (unpaired) electrons. The van der Waals surface area contributed by atoms with E-state index in [-0.39, 0.29) is 0 Å². The lowest BCUT2D eigenvalue weighted by Crippen LogP contribution is -2.11. The summed E-state index contributed by atoms with van der Waals surface area (Å²) in [6.07, 6.45) is 0. The average Bonchev–Trinajstić information content (AvgIpc) is 3.74. The van der Waals surface area contributed by atoms with Crippen LogP contribution >= 0.6 is 0 Å². The largest absolute Gasteiger partial charge is 0.456 e. The summed E-state index contributed by atoms with van der Waals surface area (Å²) in [7, 11) is 0. The first kappa shape index (κ1) is 28.0. The van der Waals surface area contributed by atoms with Gasteiger partial charge in [0.1, 0.15) is 11.2 Å². The summed E-state index contributed by atoms with van der Waals surface area (Å²) in [5.74, 6) is 0. The van der Waals surface area contributed by atoms with Crippen molar-refractivity contribution in [1.29, 1.82) is 0 Å². The van der Waals surface area contributed by atoms with Gasteiger partial charge < -0.3 is 13.9 Å². The van der Waals surface area contributed by atoms with Crippen LogP contribution < -0.4 is 4.90 Å². The molecule has 11 rings (SSSR count). The van der Waals surface area contributed by atoms with E-state index in [0.717, 1.165) is 50.2 Å². The number of anilines is 3. The van der Waals surface area contributed by atoms with Crippen LogP contribution in [0.4, 0.5) is 17.1 Å². The van der Waals surface area contributed by atoms with Crippen molar-refractivity contribution in [3.63, 3.8) is 0 Å². The highest BCUT2D eigenvalue weighted by Gasteiger charge is 2.23. The molecule has 2 heterocycles. The van der Waals surface area contributed by atoms with Gasteiger partial charge in [0, 0.05) is 38.3 Å². The Morgan fingerprint density at radius 1 is 0.373 bits per heavy atom. The van der Waals surface area contributed by atoms with Crippen molar-refractivity contribution >= 4 is 93.1 Å². The van der Waals surface area contributed by atoms with E-state index in [4.69, 9.17) is 4.42 Å². The quantitative estimate of drug-likeness (QED) is 0.177. The first-order valence-corrected chi connectivity index (χ1v) is 17.4. The van der Waals surface area contributed by atoms with Crippen molar-refractivity contribution in [3.8, 4) is 5.69 Å². The van der Waals surface area contributed by atoms with Crippen LogP contribution in [0.1, 0.15) is 0 Å². The van der Waals surface area contributed by atoms with E-state index in [0.29, 0.717) is 0 Å². The summed E-state index contributed by atoms with van der Waals surface area (Å²) in [5, 5.41) is 12.1. The predicted octanol–water partition coefficient (Wildman–Crippen LogP) is 13.6. The Morgan fingerprint density at radius 2 is 1.04 bits per heavy atom. The third-order valence-corrected chi connectivity index (χ3v) is 10.5. The predicted molar refractivity (Wildman–Crippen MR) is 215 cm³/mol. The first-order valence-electron chi connectivity index (χ1n) is 17.4. The van der Waals surface area contributed by atoms with E-state index in [9.17, 15) is 0 Å². The van der Waals surface area contributed by atoms with Crippen molar-refractivity contribution < 1.29 is 4.42 Å². The summed E-state index contributed by atoms with van der Waals surface area (Å²) in [5.41, 5.74) is 8.58. The van der Waals surface area contributed by atoms with Crippen LogP contribution in [0.5, 0.6) is 0 Å². The third kappa shape index (κ3) is 4.12. The molecular formula is C48H30N2O. The van der Waals surface area contributed by atoms with Crippen molar-refractivity contribution in [2.45, 2.75) is 0 Å². The maximum absolute atomic E-state index is 6.32. The SMILES string of the molecule is c1ccc(-n2c3ccccc3c3c(N(c4ccc5oc6ccccc6c5c4)c4cccc5c4ccc4ccc6ccccc6c45)cccc32)cc1. The molecule has 0 N–H and O–H groups in total. The van der Waals surface area contributed by atoms with E-state index in [2.05, 4.69) is 179 Å². The molecule has 0 fully saturated rings. The van der Waals surface area contributed by atoms with Crippen LogP contribution in [0, 0.1) is 0 Å². The average molecular weight is 651 g/mol. The Labute approximate surface area is 293 Å². The zero-order valence-electron chi connectivity index (χ0n) is 27.6. The molecule has 2 aromatic heterocycles. The van der Waals surface area contributed by atoms with E-state index in [1.54, 1.807) is 0 Å². The molecule has 9 aromatic carbocycles. The summed E-state index contributed by atoms with van der Waals surface area (Å²) >= 11 is 0. The zero-order valence-corrected chi connectivity index (χ0v) is 27.6. The van der Waals surface area contributed by atoms with Gasteiger partial charge in [0.15, 0.2) is 0 Å². The Hall–Kier alpha value is -6.84. The number of rotatable bonds is 4. The van der Waals surface area contributed by atoms with Crippen LogP contribution in [-0.2, 0) is 0 Å². The fourth-order valence-corrected chi connectivity index (χ4v) is 8.35. The molecule has 238 valence electrons. The number of furan rings is 1. The monoisotopic (exact) mass is 650 g/mol. The van der Waals surface area contributed by atoms with E-state index in [1.807, 2.05) is 12.1 Å². The molecule has 0 spiro atoms. The lowest BCUT2D eigenvalue weighted by molar-refractivity contribution is 0.669. The van der Waals surface area contributed by atoms with Crippen LogP contribution in [0.25, 0.3) is 81.7 Å². The Bertz CT molecular complexity index is 3150. The third-order valence-electron chi connectivity index (χ3n) is 10.5. The highest BCUT2D eigenvalue weighted by atomic mass is 16.3. The minimum absolute atomic E-state index is 0.883. The molecule has 0 saturated carbocycles. The number of nitrogens with zero attached hydrogens (tertiary/aromatic N) is 2. The molecule has 0 aliphatic rings. The van der Waals surface area contributed by atoms with Gasteiger partial charge in [-0.15, -0.1) is 0 Å². The standard InChI is InChI=1S/C48H30N2O/c1-2-13-33(14-3-1)49-42-19-8-6-17-39(42)48-43(49)21-11-22-44(48)50(34-27-29-46-40(30-34)37-16-7-9-23-45(37)51-46)41-20-10-18-38-36(41)28-26-32-25-24-31-12-4-5-15-35(31)47(32)38/h1-30H. The molecule has 0 saturated heterocycles. The Kier molecular flexibility index (Phi) is 5.96. The number of para-hydroxylation sites is 3. The molecule has 3 nitrogen and oxygen atoms in total. The number of fused-ring (bicyclic) bond motifs is 11. The minimum atomic E-state index is 0.883. The second-order valence-corrected chi connectivity index (χ2v) is 13.3. The lowest BCUT2D eigenvalue weighted by Gasteiger charge is -2.28.